The standard InChI is InChI=1S/C29H28N4OS2/c1-19(2)33(22-12-6-5-7-13-22)27(34)18-35-28(31-24-15-10-11-20(3)21(24)4)23(17-30)29-32-25-14-8-9-16-26(25)36-29/h5-16,19,31H,18H2,1-4H3/b28-23-. The van der Waals surface area contributed by atoms with Crippen LogP contribution >= 0.6 is 23.1 Å². The van der Waals surface area contributed by atoms with E-state index in [1.165, 1.54) is 23.1 Å². The van der Waals surface area contributed by atoms with Crippen molar-refractivity contribution in [1.82, 2.24) is 4.98 Å². The molecule has 0 radical (unpaired) electrons. The van der Waals surface area contributed by atoms with Crippen LogP contribution in [0.2, 0.25) is 0 Å². The van der Waals surface area contributed by atoms with E-state index in [2.05, 4.69) is 24.4 Å². The number of aromatic nitrogens is 1. The van der Waals surface area contributed by atoms with Gasteiger partial charge in [-0.3, -0.25) is 4.79 Å². The van der Waals surface area contributed by atoms with Gasteiger partial charge in [-0.25, -0.2) is 4.98 Å². The summed E-state index contributed by atoms with van der Waals surface area (Å²) in [4.78, 5) is 19.9. The smallest absolute Gasteiger partial charge is 0.237 e. The van der Waals surface area contributed by atoms with Crippen LogP contribution in [0.5, 0.6) is 0 Å². The summed E-state index contributed by atoms with van der Waals surface area (Å²) < 4.78 is 1.02. The van der Waals surface area contributed by atoms with Gasteiger partial charge in [-0.1, -0.05) is 54.2 Å². The lowest BCUT2D eigenvalue weighted by molar-refractivity contribution is -0.116. The van der Waals surface area contributed by atoms with E-state index in [-0.39, 0.29) is 17.7 Å². The molecular formula is C29H28N4OS2. The lowest BCUT2D eigenvalue weighted by Crippen LogP contribution is -2.38. The van der Waals surface area contributed by atoms with E-state index >= 15 is 0 Å². The van der Waals surface area contributed by atoms with Crippen LogP contribution in [-0.2, 0) is 4.79 Å². The number of anilines is 2. The Morgan fingerprint density at radius 1 is 1.06 bits per heavy atom. The van der Waals surface area contributed by atoms with Gasteiger partial charge in [0.05, 0.1) is 21.0 Å². The predicted molar refractivity (Wildman–Crippen MR) is 153 cm³/mol. The molecule has 7 heteroatoms. The zero-order valence-corrected chi connectivity index (χ0v) is 22.4. The number of thiazole rings is 1. The maximum atomic E-state index is 13.4. The van der Waals surface area contributed by atoms with Gasteiger partial charge in [0.1, 0.15) is 16.6 Å². The first-order valence-electron chi connectivity index (χ1n) is 11.7. The first-order chi connectivity index (χ1) is 17.4. The minimum atomic E-state index is -0.0250. The van der Waals surface area contributed by atoms with Crippen molar-refractivity contribution in [2.45, 2.75) is 33.7 Å². The average molecular weight is 513 g/mol. The monoisotopic (exact) mass is 512 g/mol. The summed E-state index contributed by atoms with van der Waals surface area (Å²) in [6.45, 7) is 8.11. The summed E-state index contributed by atoms with van der Waals surface area (Å²) >= 11 is 2.82. The number of thioether (sulfide) groups is 1. The predicted octanol–water partition coefficient (Wildman–Crippen LogP) is 7.39. The van der Waals surface area contributed by atoms with Gasteiger partial charge in [-0.05, 0) is 69.2 Å². The summed E-state index contributed by atoms with van der Waals surface area (Å²) in [6.07, 6.45) is 0. The van der Waals surface area contributed by atoms with Crippen LogP contribution < -0.4 is 10.2 Å². The summed E-state index contributed by atoms with van der Waals surface area (Å²) in [5.41, 5.74) is 5.30. The number of carbonyl (C=O) groups excluding carboxylic acids is 1. The van der Waals surface area contributed by atoms with Gasteiger partial charge in [-0.15, -0.1) is 11.3 Å². The zero-order valence-electron chi connectivity index (χ0n) is 20.8. The van der Waals surface area contributed by atoms with E-state index in [1.54, 1.807) is 4.90 Å². The Bertz CT molecular complexity index is 1420. The summed E-state index contributed by atoms with van der Waals surface area (Å²) in [6, 6.07) is 25.9. The first-order valence-corrected chi connectivity index (χ1v) is 13.5. The number of fused-ring (bicyclic) bond motifs is 1. The number of amides is 1. The van der Waals surface area contributed by atoms with Gasteiger partial charge < -0.3 is 10.2 Å². The Morgan fingerprint density at radius 2 is 1.78 bits per heavy atom. The number of carbonyl (C=O) groups is 1. The molecule has 182 valence electrons. The Labute approximate surface area is 220 Å². The van der Waals surface area contributed by atoms with Crippen LogP contribution in [0.1, 0.15) is 30.0 Å². The Kier molecular flexibility index (Phi) is 8.09. The lowest BCUT2D eigenvalue weighted by Gasteiger charge is -2.27. The number of nitrogens with zero attached hydrogens (tertiary/aromatic N) is 3. The second kappa shape index (κ2) is 11.4. The fraction of sp³-hybridized carbons (Fsp3) is 0.207. The van der Waals surface area contributed by atoms with E-state index in [1.807, 2.05) is 87.5 Å². The van der Waals surface area contributed by atoms with Gasteiger partial charge >= 0.3 is 0 Å². The summed E-state index contributed by atoms with van der Waals surface area (Å²) in [7, 11) is 0. The van der Waals surface area contributed by atoms with Crippen molar-refractivity contribution in [3.8, 4) is 6.07 Å². The SMILES string of the molecule is Cc1cccc(N/C(SCC(=O)N(c2ccccc2)C(C)C)=C(\C#N)c2nc3ccccc3s2)c1C. The molecule has 36 heavy (non-hydrogen) atoms. The maximum Gasteiger partial charge on any atom is 0.237 e. The highest BCUT2D eigenvalue weighted by atomic mass is 32.2. The van der Waals surface area contributed by atoms with Gasteiger partial charge in [0.2, 0.25) is 5.91 Å². The molecular weight excluding hydrogens is 484 g/mol. The molecule has 0 saturated heterocycles. The highest BCUT2D eigenvalue weighted by molar-refractivity contribution is 8.04. The van der Waals surface area contributed by atoms with Gasteiger partial charge in [0.15, 0.2) is 0 Å². The fourth-order valence-corrected chi connectivity index (χ4v) is 5.78. The number of para-hydroxylation sites is 2. The molecule has 0 saturated carbocycles. The van der Waals surface area contributed by atoms with Crippen LogP contribution in [0.25, 0.3) is 15.8 Å². The molecule has 0 aliphatic carbocycles. The molecule has 4 rings (SSSR count). The van der Waals surface area contributed by atoms with Crippen LogP contribution in [0, 0.1) is 25.2 Å². The fourth-order valence-electron chi connectivity index (χ4n) is 3.88. The third-order valence-corrected chi connectivity index (χ3v) is 7.90. The minimum absolute atomic E-state index is 0.000366. The quantitative estimate of drug-likeness (QED) is 0.249. The molecule has 0 unspecified atom stereocenters. The molecule has 1 amide bonds. The molecule has 1 aromatic heterocycles. The largest absolute Gasteiger partial charge is 0.349 e. The Balaban J connectivity index is 1.71. The van der Waals surface area contributed by atoms with Crippen LogP contribution in [0.3, 0.4) is 0 Å². The molecule has 0 atom stereocenters. The first kappa shape index (κ1) is 25.5. The van der Waals surface area contributed by atoms with Crippen LogP contribution in [0.15, 0.2) is 77.8 Å². The van der Waals surface area contributed by atoms with E-state index < -0.39 is 0 Å². The maximum absolute atomic E-state index is 13.4. The van der Waals surface area contributed by atoms with Gasteiger partial charge in [-0.2, -0.15) is 5.26 Å². The topological polar surface area (TPSA) is 69.0 Å². The van der Waals surface area contributed by atoms with E-state index in [0.29, 0.717) is 15.6 Å². The van der Waals surface area contributed by atoms with Crippen molar-refractivity contribution in [2.24, 2.45) is 0 Å². The van der Waals surface area contributed by atoms with Crippen LogP contribution in [-0.4, -0.2) is 22.7 Å². The number of allylic oxidation sites excluding steroid dienone is 1. The normalized spacial score (nSPS) is 11.8. The van der Waals surface area contributed by atoms with Crippen molar-refractivity contribution >= 4 is 56.2 Å². The second-order valence-corrected chi connectivity index (χ2v) is 10.7. The number of nitrogens with one attached hydrogen (secondary N) is 1. The highest BCUT2D eigenvalue weighted by Gasteiger charge is 2.22. The molecule has 0 fully saturated rings. The number of nitriles is 1. The minimum Gasteiger partial charge on any atom is -0.349 e. The molecule has 5 nitrogen and oxygen atoms in total. The average Bonchev–Trinajstić information content (AvgIpc) is 3.30. The Morgan fingerprint density at radius 3 is 2.47 bits per heavy atom. The van der Waals surface area contributed by atoms with Crippen molar-refractivity contribution < 1.29 is 4.79 Å². The second-order valence-electron chi connectivity index (χ2n) is 8.66. The van der Waals surface area contributed by atoms with E-state index in [9.17, 15) is 10.1 Å². The van der Waals surface area contributed by atoms with Crippen molar-refractivity contribution in [3.63, 3.8) is 0 Å². The highest BCUT2D eigenvalue weighted by Crippen LogP contribution is 2.34. The molecule has 0 bridgehead atoms. The zero-order chi connectivity index (χ0) is 25.7. The molecule has 0 spiro atoms. The summed E-state index contributed by atoms with van der Waals surface area (Å²) in [5, 5.41) is 14.9. The molecule has 0 aliphatic rings. The number of benzene rings is 3. The third-order valence-electron chi connectivity index (χ3n) is 5.86. The van der Waals surface area contributed by atoms with E-state index in [4.69, 9.17) is 4.98 Å². The number of hydrogen-bond acceptors (Lipinski definition) is 6. The number of hydrogen-bond donors (Lipinski definition) is 1. The third kappa shape index (κ3) is 5.62. The summed E-state index contributed by atoms with van der Waals surface area (Å²) in [5.74, 6) is 0.152. The van der Waals surface area contributed by atoms with Gasteiger partial charge in [0, 0.05) is 17.4 Å². The lowest BCUT2D eigenvalue weighted by atomic mass is 10.1. The molecule has 3 aromatic carbocycles. The van der Waals surface area contributed by atoms with Crippen molar-refractivity contribution in [2.75, 3.05) is 16.0 Å². The van der Waals surface area contributed by atoms with Crippen LogP contribution in [0.4, 0.5) is 11.4 Å². The van der Waals surface area contributed by atoms with Gasteiger partial charge in [0.25, 0.3) is 0 Å². The molecule has 0 aliphatic heterocycles. The van der Waals surface area contributed by atoms with Crippen molar-refractivity contribution in [1.29, 1.82) is 5.26 Å². The molecule has 1 heterocycles. The molecule has 1 N–H and O–H groups in total. The molecule has 4 aromatic rings. The van der Waals surface area contributed by atoms with Crippen molar-refractivity contribution in [3.05, 3.63) is 94.0 Å². The number of aryl methyl sites for hydroxylation is 1. The van der Waals surface area contributed by atoms with E-state index in [0.717, 1.165) is 32.7 Å². The number of rotatable bonds is 8. The Hall–Kier alpha value is -3.60.